The second-order valence-corrected chi connectivity index (χ2v) is 4.87. The third kappa shape index (κ3) is 3.92. The molecule has 1 aliphatic carbocycles. The maximum absolute atomic E-state index is 11.4. The minimum atomic E-state index is -0.523. The third-order valence-corrected chi connectivity index (χ3v) is 3.24. The van der Waals surface area contributed by atoms with Crippen LogP contribution in [0.5, 0.6) is 0 Å². The van der Waals surface area contributed by atoms with Crippen LogP contribution in [0.1, 0.15) is 18.4 Å². The summed E-state index contributed by atoms with van der Waals surface area (Å²) < 4.78 is 5.01. The van der Waals surface area contributed by atoms with Crippen molar-refractivity contribution in [3.05, 3.63) is 39.9 Å². The van der Waals surface area contributed by atoms with Crippen LogP contribution in [0.3, 0.4) is 0 Å². The first-order valence-electron chi connectivity index (χ1n) is 6.36. The molecule has 0 radical (unpaired) electrons. The average molecular weight is 280 g/mol. The Morgan fingerprint density at radius 2 is 2.05 bits per heavy atom. The maximum atomic E-state index is 11.4. The smallest absolute Gasteiger partial charge is 0.407 e. The molecule has 0 bridgehead atoms. The molecule has 1 amide bonds. The van der Waals surface area contributed by atoms with Gasteiger partial charge < -0.3 is 15.2 Å². The van der Waals surface area contributed by atoms with E-state index in [0.717, 1.165) is 5.56 Å². The van der Waals surface area contributed by atoms with Gasteiger partial charge in [-0.1, -0.05) is 12.1 Å². The van der Waals surface area contributed by atoms with Crippen molar-refractivity contribution in [2.24, 2.45) is 5.92 Å². The maximum Gasteiger partial charge on any atom is 0.407 e. The van der Waals surface area contributed by atoms with E-state index in [0.29, 0.717) is 19.4 Å². The van der Waals surface area contributed by atoms with Crippen molar-refractivity contribution in [1.29, 1.82) is 0 Å². The summed E-state index contributed by atoms with van der Waals surface area (Å²) in [7, 11) is 0. The van der Waals surface area contributed by atoms with Gasteiger partial charge in [0, 0.05) is 18.7 Å². The molecular weight excluding hydrogens is 264 g/mol. The van der Waals surface area contributed by atoms with Gasteiger partial charge in [-0.25, -0.2) is 4.79 Å². The van der Waals surface area contributed by atoms with Crippen molar-refractivity contribution in [2.45, 2.75) is 25.5 Å². The molecule has 1 aliphatic rings. The van der Waals surface area contributed by atoms with E-state index in [-0.39, 0.29) is 24.3 Å². The lowest BCUT2D eigenvalue weighted by molar-refractivity contribution is -0.384. The molecule has 2 rings (SSSR count). The Bertz CT molecular complexity index is 482. The van der Waals surface area contributed by atoms with Crippen molar-refractivity contribution in [3.63, 3.8) is 0 Å². The van der Waals surface area contributed by atoms with Gasteiger partial charge in [0.2, 0.25) is 0 Å². The summed E-state index contributed by atoms with van der Waals surface area (Å²) in [6.45, 7) is 0.563. The molecule has 1 aromatic rings. The van der Waals surface area contributed by atoms with Crippen LogP contribution in [0.25, 0.3) is 0 Å². The number of nitrogens with zero attached hydrogens (tertiary/aromatic N) is 1. The molecule has 0 aliphatic heterocycles. The first-order chi connectivity index (χ1) is 9.54. The summed E-state index contributed by atoms with van der Waals surface area (Å²) in [6, 6.07) is 5.94. The van der Waals surface area contributed by atoms with Crippen LogP contribution in [0.15, 0.2) is 24.3 Å². The van der Waals surface area contributed by atoms with Crippen molar-refractivity contribution in [1.82, 2.24) is 5.32 Å². The van der Waals surface area contributed by atoms with E-state index in [1.54, 1.807) is 12.1 Å². The van der Waals surface area contributed by atoms with Gasteiger partial charge in [-0.2, -0.15) is 0 Å². The molecular formula is C13H16N2O5. The van der Waals surface area contributed by atoms with Crippen LogP contribution >= 0.6 is 0 Å². The lowest BCUT2D eigenvalue weighted by Crippen LogP contribution is -2.34. The number of aliphatic hydroxyl groups excluding tert-OH is 1. The highest BCUT2D eigenvalue weighted by Gasteiger charge is 2.28. The zero-order valence-electron chi connectivity index (χ0n) is 10.8. The van der Waals surface area contributed by atoms with Crippen LogP contribution in [-0.2, 0) is 11.3 Å². The van der Waals surface area contributed by atoms with Crippen LogP contribution in [-0.4, -0.2) is 28.8 Å². The van der Waals surface area contributed by atoms with Crippen LogP contribution < -0.4 is 5.32 Å². The van der Waals surface area contributed by atoms with E-state index in [4.69, 9.17) is 9.84 Å². The summed E-state index contributed by atoms with van der Waals surface area (Å²) in [6.07, 6.45) is 0.571. The zero-order valence-corrected chi connectivity index (χ0v) is 10.8. The van der Waals surface area contributed by atoms with Gasteiger partial charge >= 0.3 is 6.09 Å². The van der Waals surface area contributed by atoms with Crippen LogP contribution in [0.2, 0.25) is 0 Å². The van der Waals surface area contributed by atoms with E-state index in [2.05, 4.69) is 5.32 Å². The van der Waals surface area contributed by atoms with Crippen molar-refractivity contribution < 1.29 is 19.6 Å². The molecule has 108 valence electrons. The molecule has 0 heterocycles. The van der Waals surface area contributed by atoms with Gasteiger partial charge in [-0.05, 0) is 24.3 Å². The number of hydrogen-bond acceptors (Lipinski definition) is 5. The molecule has 2 N–H and O–H groups in total. The van der Waals surface area contributed by atoms with Gasteiger partial charge in [0.15, 0.2) is 0 Å². The highest BCUT2D eigenvalue weighted by atomic mass is 16.6. The molecule has 7 nitrogen and oxygen atoms in total. The van der Waals surface area contributed by atoms with Gasteiger partial charge in [-0.3, -0.25) is 10.1 Å². The van der Waals surface area contributed by atoms with E-state index in [1.165, 1.54) is 12.1 Å². The summed E-state index contributed by atoms with van der Waals surface area (Å²) in [5.74, 6) is 0.245. The monoisotopic (exact) mass is 280 g/mol. The second-order valence-electron chi connectivity index (χ2n) is 4.87. The lowest BCUT2D eigenvalue weighted by Gasteiger charge is -2.30. The Kier molecular flexibility index (Phi) is 4.52. The molecule has 0 spiro atoms. The molecule has 20 heavy (non-hydrogen) atoms. The Morgan fingerprint density at radius 1 is 1.40 bits per heavy atom. The number of amides is 1. The van der Waals surface area contributed by atoms with Crippen LogP contribution in [0.4, 0.5) is 10.5 Å². The largest absolute Gasteiger partial charge is 0.449 e. The molecule has 1 fully saturated rings. The van der Waals surface area contributed by atoms with Crippen molar-refractivity contribution >= 4 is 11.8 Å². The Labute approximate surface area is 115 Å². The van der Waals surface area contributed by atoms with E-state index < -0.39 is 11.0 Å². The first-order valence-corrected chi connectivity index (χ1v) is 6.36. The van der Waals surface area contributed by atoms with Crippen molar-refractivity contribution in [3.8, 4) is 0 Å². The predicted molar refractivity (Wildman–Crippen MR) is 70.0 cm³/mol. The SMILES string of the molecule is O=C(NCc1ccc([N+](=O)[O-])cc1)OCC1CC(O)C1. The van der Waals surface area contributed by atoms with E-state index in [1.807, 2.05) is 0 Å². The first kappa shape index (κ1) is 14.3. The minimum Gasteiger partial charge on any atom is -0.449 e. The lowest BCUT2D eigenvalue weighted by atomic mass is 9.83. The standard InChI is InChI=1S/C13H16N2O5/c16-12-5-10(6-12)8-20-13(17)14-7-9-1-3-11(4-2-9)15(18)19/h1-4,10,12,16H,5-8H2,(H,14,17). The quantitative estimate of drug-likeness (QED) is 0.630. The zero-order chi connectivity index (χ0) is 14.5. The van der Waals surface area contributed by atoms with E-state index >= 15 is 0 Å². The summed E-state index contributed by atoms with van der Waals surface area (Å²) in [4.78, 5) is 21.4. The highest BCUT2D eigenvalue weighted by Crippen LogP contribution is 2.27. The molecule has 7 heteroatoms. The van der Waals surface area contributed by atoms with Gasteiger partial charge in [0.05, 0.1) is 17.6 Å². The fraction of sp³-hybridized carbons (Fsp3) is 0.462. The average Bonchev–Trinajstić information content (AvgIpc) is 2.40. The van der Waals surface area contributed by atoms with Gasteiger partial charge in [0.25, 0.3) is 5.69 Å². The number of ether oxygens (including phenoxy) is 1. The third-order valence-electron chi connectivity index (χ3n) is 3.24. The number of carbonyl (C=O) groups is 1. The molecule has 0 saturated heterocycles. The number of alkyl carbamates (subject to hydrolysis) is 1. The van der Waals surface area contributed by atoms with Crippen molar-refractivity contribution in [2.75, 3.05) is 6.61 Å². The van der Waals surface area contributed by atoms with Gasteiger partial charge in [-0.15, -0.1) is 0 Å². The normalized spacial score (nSPS) is 20.9. The summed E-state index contributed by atoms with van der Waals surface area (Å²) in [5, 5.41) is 22.1. The van der Waals surface area contributed by atoms with Gasteiger partial charge in [0.1, 0.15) is 0 Å². The number of benzene rings is 1. The molecule has 0 atom stereocenters. The second kappa shape index (κ2) is 6.33. The molecule has 1 saturated carbocycles. The van der Waals surface area contributed by atoms with Crippen LogP contribution in [0, 0.1) is 16.0 Å². The number of hydrogen-bond donors (Lipinski definition) is 2. The number of rotatable bonds is 5. The molecule has 1 aromatic carbocycles. The fourth-order valence-electron chi connectivity index (χ4n) is 1.99. The number of nitro benzene ring substituents is 1. The number of nitro groups is 1. The Morgan fingerprint density at radius 3 is 2.60 bits per heavy atom. The fourth-order valence-corrected chi connectivity index (χ4v) is 1.99. The number of carbonyl (C=O) groups excluding carboxylic acids is 1. The number of aliphatic hydroxyl groups is 1. The predicted octanol–water partition coefficient (Wildman–Crippen LogP) is 1.59. The number of nitrogens with one attached hydrogen (secondary N) is 1. The molecule has 0 unspecified atom stereocenters. The molecule has 0 aromatic heterocycles. The summed E-state index contributed by atoms with van der Waals surface area (Å²) >= 11 is 0. The Balaban J connectivity index is 1.68. The number of non-ortho nitro benzene ring substituents is 1. The summed E-state index contributed by atoms with van der Waals surface area (Å²) in [5.41, 5.74) is 0.770. The van der Waals surface area contributed by atoms with E-state index in [9.17, 15) is 14.9 Å². The topological polar surface area (TPSA) is 102 Å². The minimum absolute atomic E-state index is 0.0138. The highest BCUT2D eigenvalue weighted by molar-refractivity contribution is 5.67. The Hall–Kier alpha value is -2.15.